The van der Waals surface area contributed by atoms with Crippen LogP contribution in [0.25, 0.3) is 0 Å². The Kier molecular flexibility index (Phi) is 9.16. The quantitative estimate of drug-likeness (QED) is 0.482. The largest absolute Gasteiger partial charge is 0.481 e. The van der Waals surface area contributed by atoms with Crippen molar-refractivity contribution >= 4 is 17.9 Å². The number of nitrogens with two attached hydrogens (primary N) is 1. The minimum atomic E-state index is -0.933. The summed E-state index contributed by atoms with van der Waals surface area (Å²) < 4.78 is 0. The summed E-state index contributed by atoms with van der Waals surface area (Å²) >= 11 is 0. The van der Waals surface area contributed by atoms with Crippen LogP contribution in [0, 0.1) is 11.8 Å². The maximum Gasteiger partial charge on any atom is 0.312 e. The van der Waals surface area contributed by atoms with E-state index in [0.717, 1.165) is 12.8 Å². The van der Waals surface area contributed by atoms with Gasteiger partial charge in [-0.3, -0.25) is 9.59 Å². The van der Waals surface area contributed by atoms with Gasteiger partial charge in [0, 0.05) is 6.54 Å². The number of urea groups is 1. The number of carboxylic acids is 1. The first-order valence-corrected chi connectivity index (χ1v) is 7.34. The highest BCUT2D eigenvalue weighted by Gasteiger charge is 2.23. The van der Waals surface area contributed by atoms with Gasteiger partial charge in [-0.2, -0.15) is 0 Å². The van der Waals surface area contributed by atoms with Gasteiger partial charge in [-0.05, 0) is 18.8 Å². The molecule has 21 heavy (non-hydrogen) atoms. The third-order valence-electron chi connectivity index (χ3n) is 3.11. The average molecular weight is 301 g/mol. The van der Waals surface area contributed by atoms with Gasteiger partial charge >= 0.3 is 12.0 Å². The number of unbranched alkanes of at least 4 members (excludes halogenated alkanes) is 1. The Morgan fingerprint density at radius 1 is 1.24 bits per heavy atom. The number of hydrogen-bond acceptors (Lipinski definition) is 3. The molecule has 0 aliphatic rings. The summed E-state index contributed by atoms with van der Waals surface area (Å²) in [4.78, 5) is 34.1. The van der Waals surface area contributed by atoms with E-state index in [1.807, 2.05) is 20.8 Å². The summed E-state index contributed by atoms with van der Waals surface area (Å²) in [6, 6.07) is -1.47. The summed E-state index contributed by atoms with van der Waals surface area (Å²) in [7, 11) is 0. The predicted molar refractivity (Wildman–Crippen MR) is 79.6 cm³/mol. The smallest absolute Gasteiger partial charge is 0.312 e. The Morgan fingerprint density at radius 3 is 2.29 bits per heavy atom. The van der Waals surface area contributed by atoms with Crippen LogP contribution in [0.3, 0.4) is 0 Å². The lowest BCUT2D eigenvalue weighted by Crippen LogP contribution is -2.49. The van der Waals surface area contributed by atoms with Gasteiger partial charge in [0.25, 0.3) is 0 Å². The van der Waals surface area contributed by atoms with Gasteiger partial charge in [-0.25, -0.2) is 4.79 Å². The zero-order valence-corrected chi connectivity index (χ0v) is 13.0. The van der Waals surface area contributed by atoms with Crippen molar-refractivity contribution in [1.29, 1.82) is 0 Å². The topological polar surface area (TPSA) is 122 Å². The molecular weight excluding hydrogens is 274 g/mol. The molecule has 2 atom stereocenters. The fourth-order valence-corrected chi connectivity index (χ4v) is 2.04. The summed E-state index contributed by atoms with van der Waals surface area (Å²) in [6.45, 7) is 5.88. The van der Waals surface area contributed by atoms with E-state index >= 15 is 0 Å². The van der Waals surface area contributed by atoms with E-state index in [0.29, 0.717) is 12.8 Å². The van der Waals surface area contributed by atoms with Gasteiger partial charge < -0.3 is 21.5 Å². The summed E-state index contributed by atoms with van der Waals surface area (Å²) in [5.41, 5.74) is 5.05. The molecule has 0 saturated carbocycles. The van der Waals surface area contributed by atoms with E-state index in [9.17, 15) is 14.4 Å². The highest BCUT2D eigenvalue weighted by molar-refractivity contribution is 5.86. The van der Waals surface area contributed by atoms with Crippen LogP contribution in [-0.4, -0.2) is 35.6 Å². The fraction of sp³-hybridized carbons (Fsp3) is 0.786. The normalized spacial score (nSPS) is 13.5. The van der Waals surface area contributed by atoms with Crippen LogP contribution in [0.15, 0.2) is 0 Å². The molecule has 2 unspecified atom stereocenters. The molecule has 0 aromatic heterocycles. The zero-order chi connectivity index (χ0) is 16.4. The van der Waals surface area contributed by atoms with Crippen LogP contribution in [0.5, 0.6) is 0 Å². The maximum absolute atomic E-state index is 12.0. The first-order valence-electron chi connectivity index (χ1n) is 7.34. The van der Waals surface area contributed by atoms with Crippen LogP contribution >= 0.6 is 0 Å². The maximum atomic E-state index is 12.0. The van der Waals surface area contributed by atoms with E-state index in [1.165, 1.54) is 0 Å². The van der Waals surface area contributed by atoms with E-state index in [1.54, 1.807) is 0 Å². The molecule has 0 radical (unpaired) electrons. The van der Waals surface area contributed by atoms with Crippen molar-refractivity contribution in [3.05, 3.63) is 0 Å². The number of nitrogens with one attached hydrogen (secondary N) is 2. The number of amides is 3. The van der Waals surface area contributed by atoms with Crippen molar-refractivity contribution in [2.24, 2.45) is 17.6 Å². The Hall–Kier alpha value is -1.79. The fourth-order valence-electron chi connectivity index (χ4n) is 2.04. The van der Waals surface area contributed by atoms with E-state index < -0.39 is 29.9 Å². The second-order valence-electron chi connectivity index (χ2n) is 5.61. The van der Waals surface area contributed by atoms with Crippen molar-refractivity contribution in [3.63, 3.8) is 0 Å². The van der Waals surface area contributed by atoms with Crippen molar-refractivity contribution in [2.45, 2.75) is 52.5 Å². The molecule has 0 fully saturated rings. The summed E-state index contributed by atoms with van der Waals surface area (Å²) in [6.07, 6.45) is 2.62. The minimum absolute atomic E-state index is 0.0510. The molecule has 0 heterocycles. The molecule has 0 aromatic rings. The molecule has 0 aromatic carbocycles. The first kappa shape index (κ1) is 19.2. The second kappa shape index (κ2) is 10.0. The molecule has 7 nitrogen and oxygen atoms in total. The van der Waals surface area contributed by atoms with Crippen molar-refractivity contribution < 1.29 is 19.5 Å². The summed E-state index contributed by atoms with van der Waals surface area (Å²) in [5.74, 6) is -1.73. The molecule has 122 valence electrons. The van der Waals surface area contributed by atoms with Crippen LogP contribution in [0.4, 0.5) is 4.79 Å². The predicted octanol–water partition coefficient (Wildman–Crippen LogP) is 1.08. The first-order chi connectivity index (χ1) is 9.77. The van der Waals surface area contributed by atoms with E-state index in [-0.39, 0.29) is 12.5 Å². The highest BCUT2D eigenvalue weighted by Crippen LogP contribution is 2.11. The van der Waals surface area contributed by atoms with Crippen molar-refractivity contribution in [3.8, 4) is 0 Å². The molecule has 0 bridgehead atoms. The second-order valence-corrected chi connectivity index (χ2v) is 5.61. The molecule has 3 amide bonds. The third kappa shape index (κ3) is 8.88. The molecular formula is C14H27N3O4. The van der Waals surface area contributed by atoms with Gasteiger partial charge in [0.05, 0.1) is 5.92 Å². The standard InChI is InChI=1S/C14H27N3O4/c1-4-5-6-11(17-14(15)21)12(18)16-8-10(13(19)20)7-9(2)3/h9-11H,4-8H2,1-3H3,(H,16,18)(H,19,20)(H3,15,17,21). The Balaban J connectivity index is 4.50. The number of primary amides is 1. The summed E-state index contributed by atoms with van der Waals surface area (Å²) in [5, 5.41) is 14.1. The SMILES string of the molecule is CCCCC(NC(N)=O)C(=O)NCC(CC(C)C)C(=O)O. The Labute approximate surface area is 125 Å². The minimum Gasteiger partial charge on any atom is -0.481 e. The average Bonchev–Trinajstić information content (AvgIpc) is 2.37. The van der Waals surface area contributed by atoms with Gasteiger partial charge in [0.15, 0.2) is 0 Å². The Morgan fingerprint density at radius 2 is 1.86 bits per heavy atom. The van der Waals surface area contributed by atoms with Crippen LogP contribution in [0.2, 0.25) is 0 Å². The van der Waals surface area contributed by atoms with Gasteiger partial charge in [-0.1, -0.05) is 33.6 Å². The molecule has 0 spiro atoms. The lowest BCUT2D eigenvalue weighted by atomic mass is 9.97. The molecule has 5 N–H and O–H groups in total. The highest BCUT2D eigenvalue weighted by atomic mass is 16.4. The molecule has 0 aliphatic carbocycles. The van der Waals surface area contributed by atoms with Crippen LogP contribution < -0.4 is 16.4 Å². The van der Waals surface area contributed by atoms with Gasteiger partial charge in [0.1, 0.15) is 6.04 Å². The number of hydrogen-bond donors (Lipinski definition) is 4. The number of carboxylic acid groups (broad SMARTS) is 1. The van der Waals surface area contributed by atoms with Crippen LogP contribution in [-0.2, 0) is 9.59 Å². The molecule has 0 rings (SSSR count). The monoisotopic (exact) mass is 301 g/mol. The molecule has 0 saturated heterocycles. The van der Waals surface area contributed by atoms with Crippen LogP contribution in [0.1, 0.15) is 46.5 Å². The Bertz CT molecular complexity index is 358. The van der Waals surface area contributed by atoms with Crippen molar-refractivity contribution in [1.82, 2.24) is 10.6 Å². The van der Waals surface area contributed by atoms with E-state index in [4.69, 9.17) is 10.8 Å². The van der Waals surface area contributed by atoms with Gasteiger partial charge in [-0.15, -0.1) is 0 Å². The lowest BCUT2D eigenvalue weighted by Gasteiger charge is -2.20. The zero-order valence-electron chi connectivity index (χ0n) is 13.0. The van der Waals surface area contributed by atoms with E-state index in [2.05, 4.69) is 10.6 Å². The molecule has 0 aliphatic heterocycles. The number of aliphatic carboxylic acids is 1. The molecule has 7 heteroatoms. The number of rotatable bonds is 10. The van der Waals surface area contributed by atoms with Gasteiger partial charge in [0.2, 0.25) is 5.91 Å². The third-order valence-corrected chi connectivity index (χ3v) is 3.11. The number of carbonyl (C=O) groups is 3. The lowest BCUT2D eigenvalue weighted by molar-refractivity contribution is -0.142. The van der Waals surface area contributed by atoms with Crippen molar-refractivity contribution in [2.75, 3.05) is 6.54 Å². The number of carbonyl (C=O) groups excluding carboxylic acids is 2.